The van der Waals surface area contributed by atoms with Gasteiger partial charge in [-0.1, -0.05) is 140 Å². The lowest BCUT2D eigenvalue weighted by Crippen LogP contribution is -2.00. The quantitative estimate of drug-likeness (QED) is 0.171. The molecule has 11 aromatic rings. The van der Waals surface area contributed by atoms with Crippen molar-refractivity contribution in [2.75, 3.05) is 0 Å². The second kappa shape index (κ2) is 13.0. The summed E-state index contributed by atoms with van der Waals surface area (Å²) in [5.74, 6) is 2.55. The van der Waals surface area contributed by atoms with Crippen molar-refractivity contribution >= 4 is 43.7 Å². The van der Waals surface area contributed by atoms with Gasteiger partial charge in [0.2, 0.25) is 5.89 Å². The third-order valence-corrected chi connectivity index (χ3v) is 10.5. The number of para-hydroxylation sites is 3. The van der Waals surface area contributed by atoms with E-state index < -0.39 is 0 Å². The van der Waals surface area contributed by atoms with Crippen LogP contribution in [0.4, 0.5) is 0 Å². The Kier molecular flexibility index (Phi) is 7.38. The maximum atomic E-state index is 6.18. The fourth-order valence-electron chi connectivity index (χ4n) is 7.68. The topological polar surface area (TPSA) is 69.6 Å². The lowest BCUT2D eigenvalue weighted by atomic mass is 9.99. The molecule has 8 aromatic carbocycles. The number of benzene rings is 8. The zero-order valence-corrected chi connectivity index (χ0v) is 30.0. The molecule has 0 atom stereocenters. The van der Waals surface area contributed by atoms with Crippen molar-refractivity contribution in [2.45, 2.75) is 0 Å². The van der Waals surface area contributed by atoms with Crippen molar-refractivity contribution in [1.82, 2.24) is 24.5 Å². The lowest BCUT2D eigenvalue weighted by Gasteiger charge is -2.11. The summed E-state index contributed by atoms with van der Waals surface area (Å²) in [6, 6.07) is 64.9. The van der Waals surface area contributed by atoms with Gasteiger partial charge in [0.1, 0.15) is 5.52 Å². The molecule has 0 saturated carbocycles. The number of oxazole rings is 1. The van der Waals surface area contributed by atoms with Crippen LogP contribution in [0.5, 0.6) is 0 Å². The van der Waals surface area contributed by atoms with E-state index in [4.69, 9.17) is 24.4 Å². The molecule has 0 amide bonds. The summed E-state index contributed by atoms with van der Waals surface area (Å²) in [5.41, 5.74) is 11.0. The van der Waals surface area contributed by atoms with Gasteiger partial charge >= 0.3 is 0 Å². The third-order valence-electron chi connectivity index (χ3n) is 10.5. The minimum atomic E-state index is 0.614. The average Bonchev–Trinajstić information content (AvgIpc) is 3.86. The van der Waals surface area contributed by atoms with Crippen LogP contribution < -0.4 is 0 Å². The monoisotopic (exact) mass is 717 g/mol. The summed E-state index contributed by atoms with van der Waals surface area (Å²) in [7, 11) is 0. The summed E-state index contributed by atoms with van der Waals surface area (Å²) in [5, 5.41) is 4.71. The van der Waals surface area contributed by atoms with Crippen molar-refractivity contribution in [2.24, 2.45) is 0 Å². The molecule has 0 saturated heterocycles. The smallest absolute Gasteiger partial charge is 0.227 e. The van der Waals surface area contributed by atoms with E-state index in [9.17, 15) is 0 Å². The number of hydrogen-bond acceptors (Lipinski definition) is 5. The Hall–Kier alpha value is -7.70. The Labute approximate surface area is 322 Å². The Bertz CT molecular complexity index is 3150. The van der Waals surface area contributed by atoms with Crippen LogP contribution in [0.15, 0.2) is 192 Å². The molecule has 0 fully saturated rings. The fourth-order valence-corrected chi connectivity index (χ4v) is 7.68. The number of rotatable bonds is 6. The maximum absolute atomic E-state index is 6.18. The van der Waals surface area contributed by atoms with Crippen molar-refractivity contribution in [3.63, 3.8) is 0 Å². The first-order valence-corrected chi connectivity index (χ1v) is 18.6. The average molecular weight is 718 g/mol. The lowest BCUT2D eigenvalue weighted by molar-refractivity contribution is 0.620. The highest BCUT2D eigenvalue weighted by atomic mass is 16.3. The van der Waals surface area contributed by atoms with E-state index in [1.807, 2.05) is 84.9 Å². The van der Waals surface area contributed by atoms with Gasteiger partial charge in [-0.15, -0.1) is 0 Å². The Morgan fingerprint density at radius 2 is 0.929 bits per heavy atom. The molecule has 0 aliphatic heterocycles. The van der Waals surface area contributed by atoms with E-state index in [1.165, 1.54) is 16.2 Å². The Balaban J connectivity index is 0.977. The van der Waals surface area contributed by atoms with Gasteiger partial charge in [0.05, 0.1) is 11.0 Å². The van der Waals surface area contributed by atoms with Gasteiger partial charge in [0, 0.05) is 38.7 Å². The zero-order chi connectivity index (χ0) is 37.0. The SMILES string of the molecule is c1ccc(-c2nc(-c3ccccc3)nc(-c3ccc(-c4ccc5ccc(-n6c7ccccc7c7ccc(-c8nc9ccccc9o8)cc76)cc5c4)cc3)n2)cc1. The zero-order valence-electron chi connectivity index (χ0n) is 30.0. The molecule has 6 nitrogen and oxygen atoms in total. The molecule has 0 spiro atoms. The summed E-state index contributed by atoms with van der Waals surface area (Å²) in [6.07, 6.45) is 0. The first-order valence-electron chi connectivity index (χ1n) is 18.6. The van der Waals surface area contributed by atoms with E-state index in [1.54, 1.807) is 0 Å². The molecule has 0 radical (unpaired) electrons. The molecule has 0 bridgehead atoms. The fraction of sp³-hybridized carbons (Fsp3) is 0. The summed E-state index contributed by atoms with van der Waals surface area (Å²) in [6.45, 7) is 0. The first kappa shape index (κ1) is 31.8. The molecule has 0 unspecified atom stereocenters. The van der Waals surface area contributed by atoms with E-state index >= 15 is 0 Å². The normalized spacial score (nSPS) is 11.6. The van der Waals surface area contributed by atoms with Crippen LogP contribution in [0.25, 0.3) is 106 Å². The van der Waals surface area contributed by atoms with Gasteiger partial charge in [-0.25, -0.2) is 19.9 Å². The van der Waals surface area contributed by atoms with E-state index in [-0.39, 0.29) is 0 Å². The molecule has 6 heteroatoms. The standard InChI is InChI=1S/C50H31N5O/c1-3-11-34(12-4-1)47-52-48(35-13-5-2-6-14-35)54-49(53-47)36-22-19-32(20-23-36)37-24-21-33-25-27-40(30-39(33)29-37)55-44-17-9-7-15-41(44)42-28-26-38(31-45(42)55)50-51-43-16-8-10-18-46(43)56-50/h1-31H. The first-order chi connectivity index (χ1) is 27.7. The highest BCUT2D eigenvalue weighted by molar-refractivity contribution is 6.10. The van der Waals surface area contributed by atoms with E-state index in [0.29, 0.717) is 23.4 Å². The minimum Gasteiger partial charge on any atom is -0.436 e. The molecular formula is C50H31N5O. The van der Waals surface area contributed by atoms with Gasteiger partial charge in [-0.05, 0) is 70.4 Å². The summed E-state index contributed by atoms with van der Waals surface area (Å²) in [4.78, 5) is 19.5. The maximum Gasteiger partial charge on any atom is 0.227 e. The number of aromatic nitrogens is 5. The van der Waals surface area contributed by atoms with Crippen molar-refractivity contribution in [3.05, 3.63) is 188 Å². The second-order valence-corrected chi connectivity index (χ2v) is 13.9. The van der Waals surface area contributed by atoms with E-state index in [0.717, 1.165) is 66.6 Å². The molecule has 0 N–H and O–H groups in total. The third kappa shape index (κ3) is 5.51. The van der Waals surface area contributed by atoms with Gasteiger partial charge in [0.25, 0.3) is 0 Å². The Morgan fingerprint density at radius 3 is 1.66 bits per heavy atom. The van der Waals surface area contributed by atoms with Crippen LogP contribution in [0, 0.1) is 0 Å². The molecule has 262 valence electrons. The molecule has 56 heavy (non-hydrogen) atoms. The highest BCUT2D eigenvalue weighted by Gasteiger charge is 2.17. The number of hydrogen-bond donors (Lipinski definition) is 0. The summed E-state index contributed by atoms with van der Waals surface area (Å²) < 4.78 is 8.53. The summed E-state index contributed by atoms with van der Waals surface area (Å²) >= 11 is 0. The molecule has 3 aromatic heterocycles. The second-order valence-electron chi connectivity index (χ2n) is 13.9. The predicted octanol–water partition coefficient (Wildman–Crippen LogP) is 12.6. The van der Waals surface area contributed by atoms with Crippen LogP contribution in [-0.2, 0) is 0 Å². The largest absolute Gasteiger partial charge is 0.436 e. The van der Waals surface area contributed by atoms with Gasteiger partial charge < -0.3 is 8.98 Å². The van der Waals surface area contributed by atoms with Crippen molar-refractivity contribution < 1.29 is 4.42 Å². The molecule has 11 rings (SSSR count). The predicted molar refractivity (Wildman–Crippen MR) is 226 cm³/mol. The van der Waals surface area contributed by atoms with Crippen molar-refractivity contribution in [1.29, 1.82) is 0 Å². The van der Waals surface area contributed by atoms with E-state index in [2.05, 4.69) is 108 Å². The number of nitrogens with zero attached hydrogens (tertiary/aromatic N) is 5. The van der Waals surface area contributed by atoms with Gasteiger partial charge in [-0.3, -0.25) is 0 Å². The van der Waals surface area contributed by atoms with Crippen LogP contribution >= 0.6 is 0 Å². The molecular weight excluding hydrogens is 687 g/mol. The molecule has 3 heterocycles. The van der Waals surface area contributed by atoms with Gasteiger partial charge in [-0.2, -0.15) is 0 Å². The van der Waals surface area contributed by atoms with Crippen LogP contribution in [0.3, 0.4) is 0 Å². The van der Waals surface area contributed by atoms with Crippen LogP contribution in [0.2, 0.25) is 0 Å². The van der Waals surface area contributed by atoms with Crippen LogP contribution in [-0.4, -0.2) is 24.5 Å². The Morgan fingerprint density at radius 1 is 0.357 bits per heavy atom. The van der Waals surface area contributed by atoms with Crippen LogP contribution in [0.1, 0.15) is 0 Å². The number of fused-ring (bicyclic) bond motifs is 5. The molecule has 0 aliphatic carbocycles. The highest BCUT2D eigenvalue weighted by Crippen LogP contribution is 2.37. The van der Waals surface area contributed by atoms with Gasteiger partial charge in [0.15, 0.2) is 23.1 Å². The van der Waals surface area contributed by atoms with Crippen molar-refractivity contribution in [3.8, 4) is 62.4 Å². The molecule has 0 aliphatic rings. The minimum absolute atomic E-state index is 0.614.